The molecule has 0 unspecified atom stereocenters. The molecule has 1 heterocycles. The highest BCUT2D eigenvalue weighted by atomic mass is 19.4. The van der Waals surface area contributed by atoms with E-state index in [4.69, 9.17) is 10.5 Å². The molecule has 116 valence electrons. The quantitative estimate of drug-likeness (QED) is 0.884. The van der Waals surface area contributed by atoms with Crippen LogP contribution in [0, 0.1) is 0 Å². The van der Waals surface area contributed by atoms with Crippen LogP contribution in [0.15, 0.2) is 18.2 Å². The van der Waals surface area contributed by atoms with Crippen LogP contribution in [0.3, 0.4) is 0 Å². The Morgan fingerprint density at radius 3 is 2.76 bits per heavy atom. The summed E-state index contributed by atoms with van der Waals surface area (Å²) < 4.78 is 43.9. The fourth-order valence-corrected chi connectivity index (χ4v) is 2.14. The smallest absolute Gasteiger partial charge is 0.389 e. The number of nitrogens with two attached hydrogens (primary N) is 1. The van der Waals surface area contributed by atoms with Crippen molar-refractivity contribution in [3.8, 4) is 5.75 Å². The summed E-state index contributed by atoms with van der Waals surface area (Å²) in [4.78, 5) is 4.22. The molecule has 4 nitrogen and oxygen atoms in total. The summed E-state index contributed by atoms with van der Waals surface area (Å²) in [6.07, 6.45) is -4.16. The molecule has 0 aliphatic carbocycles. The molecule has 0 amide bonds. The Kier molecular flexibility index (Phi) is 4.59. The molecule has 0 saturated carbocycles. The van der Waals surface area contributed by atoms with E-state index in [9.17, 15) is 13.2 Å². The van der Waals surface area contributed by atoms with Crippen LogP contribution in [0.2, 0.25) is 0 Å². The van der Waals surface area contributed by atoms with Crippen LogP contribution in [-0.2, 0) is 6.54 Å². The lowest BCUT2D eigenvalue weighted by Crippen LogP contribution is -2.10. The number of para-hydroxylation sites is 1. The van der Waals surface area contributed by atoms with Gasteiger partial charge in [-0.3, -0.25) is 0 Å². The summed E-state index contributed by atoms with van der Waals surface area (Å²) in [5.74, 6) is 0.815. The minimum atomic E-state index is -4.15. The van der Waals surface area contributed by atoms with E-state index in [1.54, 1.807) is 22.8 Å². The van der Waals surface area contributed by atoms with Gasteiger partial charge in [-0.05, 0) is 25.0 Å². The minimum Gasteiger partial charge on any atom is -0.491 e. The van der Waals surface area contributed by atoms with Crippen molar-refractivity contribution in [1.29, 1.82) is 0 Å². The second-order valence-electron chi connectivity index (χ2n) is 4.81. The SMILES string of the molecule is CCCOc1cccc2c1nc(N)n2CCCC(F)(F)F. The van der Waals surface area contributed by atoms with Crippen molar-refractivity contribution < 1.29 is 17.9 Å². The Morgan fingerprint density at radius 2 is 2.10 bits per heavy atom. The van der Waals surface area contributed by atoms with E-state index in [-0.39, 0.29) is 18.9 Å². The molecule has 2 rings (SSSR count). The number of nitrogens with zero attached hydrogens (tertiary/aromatic N) is 2. The zero-order chi connectivity index (χ0) is 15.5. The lowest BCUT2D eigenvalue weighted by molar-refractivity contribution is -0.135. The number of anilines is 1. The monoisotopic (exact) mass is 301 g/mol. The molecule has 1 aromatic carbocycles. The fourth-order valence-electron chi connectivity index (χ4n) is 2.14. The number of ether oxygens (including phenoxy) is 1. The molecule has 0 radical (unpaired) electrons. The van der Waals surface area contributed by atoms with E-state index in [0.717, 1.165) is 6.42 Å². The first kappa shape index (κ1) is 15.5. The van der Waals surface area contributed by atoms with Gasteiger partial charge in [-0.15, -0.1) is 0 Å². The number of rotatable bonds is 6. The molecule has 0 saturated heterocycles. The molecule has 0 aliphatic rings. The highest BCUT2D eigenvalue weighted by molar-refractivity contribution is 5.84. The molecule has 7 heteroatoms. The lowest BCUT2D eigenvalue weighted by atomic mass is 10.2. The second-order valence-corrected chi connectivity index (χ2v) is 4.81. The standard InChI is InChI=1S/C14H18F3N3O/c1-2-9-21-11-6-3-5-10-12(11)19-13(18)20(10)8-4-7-14(15,16)17/h3,5-6H,2,4,7-9H2,1H3,(H2,18,19). The maximum absolute atomic E-state index is 12.2. The number of hydrogen-bond acceptors (Lipinski definition) is 3. The van der Waals surface area contributed by atoms with E-state index in [1.807, 2.05) is 6.92 Å². The third-order valence-electron chi connectivity index (χ3n) is 3.08. The first-order valence-corrected chi connectivity index (χ1v) is 6.86. The number of aryl methyl sites for hydroxylation is 1. The molecule has 0 atom stereocenters. The largest absolute Gasteiger partial charge is 0.491 e. The van der Waals surface area contributed by atoms with Gasteiger partial charge in [0.15, 0.2) is 0 Å². The average Bonchev–Trinajstić information content (AvgIpc) is 2.72. The normalized spacial score (nSPS) is 12.0. The third-order valence-corrected chi connectivity index (χ3v) is 3.08. The van der Waals surface area contributed by atoms with E-state index < -0.39 is 12.6 Å². The number of hydrogen-bond donors (Lipinski definition) is 1. The van der Waals surface area contributed by atoms with Gasteiger partial charge in [0.05, 0.1) is 12.1 Å². The van der Waals surface area contributed by atoms with Crippen LogP contribution in [-0.4, -0.2) is 22.3 Å². The summed E-state index contributed by atoms with van der Waals surface area (Å²) in [6.45, 7) is 2.73. The highest BCUT2D eigenvalue weighted by Crippen LogP contribution is 2.28. The summed E-state index contributed by atoms with van der Waals surface area (Å²) in [5, 5.41) is 0. The maximum atomic E-state index is 12.2. The number of aromatic nitrogens is 2. The van der Waals surface area contributed by atoms with Gasteiger partial charge in [0.2, 0.25) is 5.95 Å². The minimum absolute atomic E-state index is 0.0286. The van der Waals surface area contributed by atoms with Gasteiger partial charge >= 0.3 is 6.18 Å². The second kappa shape index (κ2) is 6.24. The number of fused-ring (bicyclic) bond motifs is 1. The van der Waals surface area contributed by atoms with Crippen molar-refractivity contribution in [2.45, 2.75) is 38.9 Å². The van der Waals surface area contributed by atoms with Crippen molar-refractivity contribution in [3.05, 3.63) is 18.2 Å². The van der Waals surface area contributed by atoms with Crippen LogP contribution < -0.4 is 10.5 Å². The molecule has 21 heavy (non-hydrogen) atoms. The number of nitrogen functional groups attached to an aromatic ring is 1. The topological polar surface area (TPSA) is 53.1 Å². The van der Waals surface area contributed by atoms with E-state index in [0.29, 0.717) is 23.4 Å². The van der Waals surface area contributed by atoms with Crippen molar-refractivity contribution >= 4 is 17.0 Å². The molecule has 0 aliphatic heterocycles. The van der Waals surface area contributed by atoms with Gasteiger partial charge in [0, 0.05) is 13.0 Å². The van der Waals surface area contributed by atoms with Gasteiger partial charge in [0.25, 0.3) is 0 Å². The van der Waals surface area contributed by atoms with Crippen molar-refractivity contribution in [3.63, 3.8) is 0 Å². The van der Waals surface area contributed by atoms with Crippen molar-refractivity contribution in [2.24, 2.45) is 0 Å². The Labute approximate surface area is 120 Å². The zero-order valence-corrected chi connectivity index (χ0v) is 11.8. The number of alkyl halides is 3. The average molecular weight is 301 g/mol. The first-order valence-electron chi connectivity index (χ1n) is 6.86. The Balaban J connectivity index is 2.22. The summed E-state index contributed by atoms with van der Waals surface area (Å²) >= 11 is 0. The van der Waals surface area contributed by atoms with Gasteiger partial charge in [-0.25, -0.2) is 4.98 Å². The molecule has 0 fully saturated rings. The molecule has 1 aromatic heterocycles. The first-order chi connectivity index (χ1) is 9.92. The van der Waals surface area contributed by atoms with E-state index in [1.165, 1.54) is 0 Å². The predicted octanol–water partition coefficient (Wildman–Crippen LogP) is 3.75. The fraction of sp³-hybridized carbons (Fsp3) is 0.500. The maximum Gasteiger partial charge on any atom is 0.389 e. The van der Waals surface area contributed by atoms with Crippen LogP contribution in [0.5, 0.6) is 5.75 Å². The predicted molar refractivity (Wildman–Crippen MR) is 75.2 cm³/mol. The third kappa shape index (κ3) is 3.80. The molecule has 2 aromatic rings. The Hall–Kier alpha value is -1.92. The lowest BCUT2D eigenvalue weighted by Gasteiger charge is -2.09. The molecule has 0 spiro atoms. The number of halogens is 3. The number of benzene rings is 1. The van der Waals surface area contributed by atoms with Gasteiger partial charge in [-0.1, -0.05) is 13.0 Å². The van der Waals surface area contributed by atoms with Crippen molar-refractivity contribution in [1.82, 2.24) is 9.55 Å². The Morgan fingerprint density at radius 1 is 1.33 bits per heavy atom. The van der Waals surface area contributed by atoms with Crippen LogP contribution in [0.25, 0.3) is 11.0 Å². The van der Waals surface area contributed by atoms with Crippen LogP contribution in [0.1, 0.15) is 26.2 Å². The number of imidazole rings is 1. The van der Waals surface area contributed by atoms with Gasteiger partial charge in [0.1, 0.15) is 11.3 Å². The molecular weight excluding hydrogens is 283 g/mol. The molecular formula is C14H18F3N3O. The molecule has 0 bridgehead atoms. The highest BCUT2D eigenvalue weighted by Gasteiger charge is 2.26. The van der Waals surface area contributed by atoms with Gasteiger partial charge < -0.3 is 15.0 Å². The van der Waals surface area contributed by atoms with Crippen molar-refractivity contribution in [2.75, 3.05) is 12.3 Å². The van der Waals surface area contributed by atoms with Crippen LogP contribution in [0.4, 0.5) is 19.1 Å². The van der Waals surface area contributed by atoms with E-state index in [2.05, 4.69) is 4.98 Å². The summed E-state index contributed by atoms with van der Waals surface area (Å²) in [5.41, 5.74) is 7.11. The Bertz CT molecular complexity index is 607. The van der Waals surface area contributed by atoms with Gasteiger partial charge in [-0.2, -0.15) is 13.2 Å². The summed E-state index contributed by atoms with van der Waals surface area (Å²) in [7, 11) is 0. The van der Waals surface area contributed by atoms with Crippen LogP contribution >= 0.6 is 0 Å². The summed E-state index contributed by atoms with van der Waals surface area (Å²) in [6, 6.07) is 5.35. The molecule has 2 N–H and O–H groups in total. The zero-order valence-electron chi connectivity index (χ0n) is 11.8. The van der Waals surface area contributed by atoms with E-state index >= 15 is 0 Å².